The first kappa shape index (κ1) is 11.5. The highest BCUT2D eigenvalue weighted by Crippen LogP contribution is 2.27. The zero-order chi connectivity index (χ0) is 12.4. The van der Waals surface area contributed by atoms with Crippen molar-refractivity contribution in [3.05, 3.63) is 53.6 Å². The van der Waals surface area contributed by atoms with Crippen LogP contribution in [0.25, 0.3) is 0 Å². The molecule has 2 nitrogen and oxygen atoms in total. The summed E-state index contributed by atoms with van der Waals surface area (Å²) in [5, 5.41) is 0. The summed E-state index contributed by atoms with van der Waals surface area (Å²) in [6.07, 6.45) is 0. The van der Waals surface area contributed by atoms with Gasteiger partial charge in [0.2, 0.25) is 0 Å². The number of hydrogen-bond acceptors (Lipinski definition) is 2. The Balaban J connectivity index is 2.36. The molecule has 0 saturated carbocycles. The summed E-state index contributed by atoms with van der Waals surface area (Å²) in [7, 11) is 2.07. The molecule has 0 unspecified atom stereocenters. The molecule has 2 N–H and O–H groups in total. The van der Waals surface area contributed by atoms with Gasteiger partial charge in [0.1, 0.15) is 0 Å². The molecule has 2 aromatic rings. The van der Waals surface area contributed by atoms with Gasteiger partial charge in [-0.05, 0) is 49.7 Å². The molecule has 0 spiro atoms. The summed E-state index contributed by atoms with van der Waals surface area (Å²) < 4.78 is 0. The van der Waals surface area contributed by atoms with Crippen molar-refractivity contribution in [3.8, 4) is 0 Å². The minimum absolute atomic E-state index is 0.794. The highest BCUT2D eigenvalue weighted by Gasteiger charge is 2.06. The molecule has 88 valence electrons. The molecule has 0 fully saturated rings. The van der Waals surface area contributed by atoms with Crippen molar-refractivity contribution in [1.82, 2.24) is 0 Å². The van der Waals surface area contributed by atoms with E-state index >= 15 is 0 Å². The molecule has 2 aromatic carbocycles. The third kappa shape index (κ3) is 2.41. The lowest BCUT2D eigenvalue weighted by Crippen LogP contribution is -2.10. The Morgan fingerprint density at radius 3 is 2.18 bits per heavy atom. The van der Waals surface area contributed by atoms with E-state index in [0.29, 0.717) is 0 Å². The average Bonchev–Trinajstić information content (AvgIpc) is 2.29. The fourth-order valence-electron chi connectivity index (χ4n) is 2.02. The molecule has 0 bridgehead atoms. The number of anilines is 3. The minimum atomic E-state index is 0.794. The van der Waals surface area contributed by atoms with Crippen molar-refractivity contribution in [2.75, 3.05) is 17.7 Å². The monoisotopic (exact) mass is 226 g/mol. The van der Waals surface area contributed by atoms with Crippen LogP contribution in [0.5, 0.6) is 0 Å². The van der Waals surface area contributed by atoms with Crippen LogP contribution >= 0.6 is 0 Å². The summed E-state index contributed by atoms with van der Waals surface area (Å²) in [6, 6.07) is 14.4. The van der Waals surface area contributed by atoms with E-state index in [4.69, 9.17) is 5.73 Å². The zero-order valence-electron chi connectivity index (χ0n) is 10.6. The lowest BCUT2D eigenvalue weighted by Gasteiger charge is -2.22. The van der Waals surface area contributed by atoms with Gasteiger partial charge in [-0.2, -0.15) is 0 Å². The maximum atomic E-state index is 5.70. The van der Waals surface area contributed by atoms with Gasteiger partial charge in [0.25, 0.3) is 0 Å². The molecular weight excluding hydrogens is 208 g/mol. The Labute approximate surface area is 103 Å². The maximum absolute atomic E-state index is 5.70. The zero-order valence-corrected chi connectivity index (χ0v) is 10.6. The predicted molar refractivity (Wildman–Crippen MR) is 74.8 cm³/mol. The molecule has 0 atom stereocenters. The molecule has 0 aliphatic heterocycles. The molecule has 0 aromatic heterocycles. The standard InChI is InChI=1S/C15H18N2/c1-11-4-9-15(12(2)10-11)17(3)14-7-5-13(16)6-8-14/h4-10H,16H2,1-3H3. The van der Waals surface area contributed by atoms with E-state index in [1.807, 2.05) is 24.3 Å². The summed E-state index contributed by atoms with van der Waals surface area (Å²) in [6.45, 7) is 4.25. The van der Waals surface area contributed by atoms with Gasteiger partial charge < -0.3 is 10.6 Å². The van der Waals surface area contributed by atoms with Crippen molar-refractivity contribution in [2.45, 2.75) is 13.8 Å². The lowest BCUT2D eigenvalue weighted by molar-refractivity contribution is 1.18. The van der Waals surface area contributed by atoms with Crippen molar-refractivity contribution in [2.24, 2.45) is 0 Å². The summed E-state index contributed by atoms with van der Waals surface area (Å²) >= 11 is 0. The van der Waals surface area contributed by atoms with Gasteiger partial charge in [-0.3, -0.25) is 0 Å². The molecule has 0 heterocycles. The van der Waals surface area contributed by atoms with Gasteiger partial charge in [0, 0.05) is 24.1 Å². The fraction of sp³-hybridized carbons (Fsp3) is 0.200. The number of hydrogen-bond donors (Lipinski definition) is 1. The molecule has 2 rings (SSSR count). The Bertz CT molecular complexity index is 515. The number of nitrogens with two attached hydrogens (primary N) is 1. The van der Waals surface area contributed by atoms with Crippen LogP contribution in [0.3, 0.4) is 0 Å². The van der Waals surface area contributed by atoms with Crippen LogP contribution < -0.4 is 10.6 Å². The van der Waals surface area contributed by atoms with Gasteiger partial charge in [-0.1, -0.05) is 17.7 Å². The van der Waals surface area contributed by atoms with E-state index in [1.165, 1.54) is 16.8 Å². The molecule has 2 heteroatoms. The number of benzene rings is 2. The van der Waals surface area contributed by atoms with Crippen molar-refractivity contribution < 1.29 is 0 Å². The van der Waals surface area contributed by atoms with E-state index in [1.54, 1.807) is 0 Å². The number of nitrogen functional groups attached to an aromatic ring is 1. The third-order valence-corrected chi connectivity index (χ3v) is 2.99. The van der Waals surface area contributed by atoms with E-state index in [2.05, 4.69) is 44.0 Å². The Hall–Kier alpha value is -1.96. The van der Waals surface area contributed by atoms with Crippen LogP contribution in [0.1, 0.15) is 11.1 Å². The highest BCUT2D eigenvalue weighted by molar-refractivity contribution is 5.67. The fourth-order valence-corrected chi connectivity index (χ4v) is 2.02. The quantitative estimate of drug-likeness (QED) is 0.792. The number of nitrogens with zero attached hydrogens (tertiary/aromatic N) is 1. The van der Waals surface area contributed by atoms with Gasteiger partial charge in [-0.15, -0.1) is 0 Å². The second-order valence-electron chi connectivity index (χ2n) is 4.44. The Morgan fingerprint density at radius 1 is 0.941 bits per heavy atom. The smallest absolute Gasteiger partial charge is 0.0437 e. The third-order valence-electron chi connectivity index (χ3n) is 2.99. The summed E-state index contributed by atoms with van der Waals surface area (Å²) in [5.74, 6) is 0. The first-order chi connectivity index (χ1) is 8.08. The second-order valence-corrected chi connectivity index (χ2v) is 4.44. The van der Waals surface area contributed by atoms with Gasteiger partial charge in [-0.25, -0.2) is 0 Å². The lowest BCUT2D eigenvalue weighted by atomic mass is 10.1. The topological polar surface area (TPSA) is 29.3 Å². The van der Waals surface area contributed by atoms with Crippen LogP contribution in [0.4, 0.5) is 17.1 Å². The Morgan fingerprint density at radius 2 is 1.59 bits per heavy atom. The molecule has 0 aliphatic rings. The molecule has 0 saturated heterocycles. The van der Waals surface area contributed by atoms with E-state index in [0.717, 1.165) is 11.4 Å². The number of aryl methyl sites for hydroxylation is 2. The minimum Gasteiger partial charge on any atom is -0.399 e. The normalized spacial score (nSPS) is 10.3. The second kappa shape index (κ2) is 4.50. The van der Waals surface area contributed by atoms with Crippen LogP contribution in [-0.4, -0.2) is 7.05 Å². The molecule has 0 aliphatic carbocycles. The summed E-state index contributed by atoms with van der Waals surface area (Å²) in [4.78, 5) is 2.17. The molecular formula is C15H18N2. The predicted octanol–water partition coefficient (Wildman–Crippen LogP) is 3.65. The van der Waals surface area contributed by atoms with Crippen LogP contribution in [-0.2, 0) is 0 Å². The SMILES string of the molecule is Cc1ccc(N(C)c2ccc(N)cc2)c(C)c1. The first-order valence-electron chi connectivity index (χ1n) is 5.74. The van der Waals surface area contributed by atoms with Crippen LogP contribution in [0.15, 0.2) is 42.5 Å². The average molecular weight is 226 g/mol. The highest BCUT2D eigenvalue weighted by atomic mass is 15.1. The molecule has 0 amide bonds. The van der Waals surface area contributed by atoms with Crippen LogP contribution in [0.2, 0.25) is 0 Å². The Kier molecular flexibility index (Phi) is 3.05. The van der Waals surface area contributed by atoms with E-state index in [9.17, 15) is 0 Å². The first-order valence-corrected chi connectivity index (χ1v) is 5.74. The van der Waals surface area contributed by atoms with Crippen molar-refractivity contribution >= 4 is 17.1 Å². The van der Waals surface area contributed by atoms with Gasteiger partial charge >= 0.3 is 0 Å². The molecule has 0 radical (unpaired) electrons. The summed E-state index contributed by atoms with van der Waals surface area (Å²) in [5.41, 5.74) is 11.4. The largest absolute Gasteiger partial charge is 0.399 e. The number of rotatable bonds is 2. The van der Waals surface area contributed by atoms with Gasteiger partial charge in [0.15, 0.2) is 0 Å². The van der Waals surface area contributed by atoms with Crippen LogP contribution in [0, 0.1) is 13.8 Å². The maximum Gasteiger partial charge on any atom is 0.0437 e. The van der Waals surface area contributed by atoms with Gasteiger partial charge in [0.05, 0.1) is 0 Å². The van der Waals surface area contributed by atoms with Crippen molar-refractivity contribution in [1.29, 1.82) is 0 Å². The van der Waals surface area contributed by atoms with E-state index < -0.39 is 0 Å². The molecule has 17 heavy (non-hydrogen) atoms. The van der Waals surface area contributed by atoms with Crippen molar-refractivity contribution in [3.63, 3.8) is 0 Å². The van der Waals surface area contributed by atoms with E-state index in [-0.39, 0.29) is 0 Å².